The molecule has 0 atom stereocenters. The van der Waals surface area contributed by atoms with Crippen molar-refractivity contribution in [1.82, 2.24) is 20.1 Å². The highest BCUT2D eigenvalue weighted by Crippen LogP contribution is 2.30. The van der Waals surface area contributed by atoms with Crippen LogP contribution in [0.2, 0.25) is 0 Å². The molecule has 1 amide bonds. The number of carbonyl (C=O) groups excluding carboxylic acids is 1. The second-order valence-corrected chi connectivity index (χ2v) is 7.82. The minimum atomic E-state index is -0.219. The Labute approximate surface area is 188 Å². The first-order chi connectivity index (χ1) is 15.5. The molecule has 0 bridgehead atoms. The Balaban J connectivity index is 1.53. The first kappa shape index (κ1) is 21.1. The summed E-state index contributed by atoms with van der Waals surface area (Å²) in [6.07, 6.45) is 0. The van der Waals surface area contributed by atoms with Gasteiger partial charge < -0.3 is 15.8 Å². The number of hydrogen-bond acceptors (Lipinski definition) is 7. The third-order valence-corrected chi connectivity index (χ3v) is 5.79. The van der Waals surface area contributed by atoms with Gasteiger partial charge in [0.05, 0.1) is 18.4 Å². The zero-order valence-corrected chi connectivity index (χ0v) is 18.3. The van der Waals surface area contributed by atoms with Crippen LogP contribution in [0.25, 0.3) is 16.4 Å². The summed E-state index contributed by atoms with van der Waals surface area (Å²) >= 11 is 1.41. The molecule has 2 heterocycles. The normalized spacial score (nSPS) is 10.5. The van der Waals surface area contributed by atoms with Crippen molar-refractivity contribution in [3.05, 3.63) is 76.3 Å². The summed E-state index contributed by atoms with van der Waals surface area (Å²) in [5, 5.41) is 19.5. The molecule has 160 valence electrons. The number of amides is 1. The van der Waals surface area contributed by atoms with E-state index in [1.807, 2.05) is 42.6 Å². The standard InChI is InChI=1S/C23H20N6O2S/c1-14-13-32-23(27-14)29-21(25)18(11-24)20(28-29)16-9-7-15(8-10-16)12-26-22(30)17-5-3-4-6-19(17)31-2/h3-10,13H,12,25H2,1-2H3,(H,26,30). The minimum absolute atomic E-state index is 0.219. The molecule has 0 spiro atoms. The first-order valence-electron chi connectivity index (χ1n) is 9.73. The van der Waals surface area contributed by atoms with E-state index in [0.29, 0.717) is 34.2 Å². The van der Waals surface area contributed by atoms with E-state index in [9.17, 15) is 10.1 Å². The van der Waals surface area contributed by atoms with Gasteiger partial charge >= 0.3 is 0 Å². The zero-order valence-electron chi connectivity index (χ0n) is 17.5. The molecule has 0 fully saturated rings. The molecule has 4 rings (SSSR count). The van der Waals surface area contributed by atoms with Crippen molar-refractivity contribution >= 4 is 23.1 Å². The zero-order chi connectivity index (χ0) is 22.7. The Morgan fingerprint density at radius 3 is 2.66 bits per heavy atom. The van der Waals surface area contributed by atoms with Gasteiger partial charge in [-0.15, -0.1) is 11.3 Å². The molecular weight excluding hydrogens is 424 g/mol. The van der Waals surface area contributed by atoms with E-state index in [1.165, 1.54) is 23.1 Å². The number of rotatable bonds is 6. The van der Waals surface area contributed by atoms with Gasteiger partial charge in [0.1, 0.15) is 28.9 Å². The average Bonchev–Trinajstić information content (AvgIpc) is 3.40. The number of anilines is 1. The fourth-order valence-corrected chi connectivity index (χ4v) is 3.98. The van der Waals surface area contributed by atoms with Gasteiger partial charge in [0, 0.05) is 17.5 Å². The maximum absolute atomic E-state index is 12.5. The SMILES string of the molecule is COc1ccccc1C(=O)NCc1ccc(-c2nn(-c3nc(C)cs3)c(N)c2C#N)cc1. The van der Waals surface area contributed by atoms with Crippen LogP contribution >= 0.6 is 11.3 Å². The number of methoxy groups -OCH3 is 1. The van der Waals surface area contributed by atoms with Gasteiger partial charge in [0.2, 0.25) is 5.13 Å². The number of nitrogens with zero attached hydrogens (tertiary/aromatic N) is 4. The maximum Gasteiger partial charge on any atom is 0.255 e. The van der Waals surface area contributed by atoms with Gasteiger partial charge in [-0.05, 0) is 24.6 Å². The molecule has 0 radical (unpaired) electrons. The van der Waals surface area contributed by atoms with Crippen LogP contribution in [-0.4, -0.2) is 27.8 Å². The van der Waals surface area contributed by atoms with E-state index >= 15 is 0 Å². The summed E-state index contributed by atoms with van der Waals surface area (Å²) in [6, 6.07) is 16.7. The lowest BCUT2D eigenvalue weighted by molar-refractivity contribution is 0.0948. The molecule has 2 aromatic heterocycles. The number of nitrogen functional groups attached to an aromatic ring is 1. The molecule has 2 aromatic carbocycles. The molecule has 0 saturated heterocycles. The van der Waals surface area contributed by atoms with Gasteiger partial charge in [0.15, 0.2) is 0 Å². The number of hydrogen-bond donors (Lipinski definition) is 2. The number of nitrogens with one attached hydrogen (secondary N) is 1. The van der Waals surface area contributed by atoms with Crippen molar-refractivity contribution in [3.63, 3.8) is 0 Å². The van der Waals surface area contributed by atoms with E-state index in [2.05, 4.69) is 21.5 Å². The molecule has 4 aromatic rings. The number of aryl methyl sites for hydroxylation is 1. The van der Waals surface area contributed by atoms with Crippen LogP contribution in [0.5, 0.6) is 5.75 Å². The van der Waals surface area contributed by atoms with E-state index in [-0.39, 0.29) is 11.7 Å². The van der Waals surface area contributed by atoms with Gasteiger partial charge in [-0.1, -0.05) is 36.4 Å². The third kappa shape index (κ3) is 4.04. The van der Waals surface area contributed by atoms with Crippen LogP contribution in [0.4, 0.5) is 5.82 Å². The molecule has 8 nitrogen and oxygen atoms in total. The molecule has 32 heavy (non-hydrogen) atoms. The Hall–Kier alpha value is -4.16. The van der Waals surface area contributed by atoms with Crippen LogP contribution in [0.3, 0.4) is 0 Å². The van der Waals surface area contributed by atoms with E-state index in [0.717, 1.165) is 16.8 Å². The number of aromatic nitrogens is 3. The van der Waals surface area contributed by atoms with Crippen molar-refractivity contribution in [3.8, 4) is 28.2 Å². The van der Waals surface area contributed by atoms with Crippen molar-refractivity contribution in [1.29, 1.82) is 5.26 Å². The number of nitriles is 1. The van der Waals surface area contributed by atoms with Crippen LogP contribution in [-0.2, 0) is 6.54 Å². The lowest BCUT2D eigenvalue weighted by Crippen LogP contribution is -2.23. The number of para-hydroxylation sites is 1. The van der Waals surface area contributed by atoms with Crippen molar-refractivity contribution in [2.24, 2.45) is 0 Å². The highest BCUT2D eigenvalue weighted by Gasteiger charge is 2.19. The Bertz CT molecular complexity index is 1320. The lowest BCUT2D eigenvalue weighted by Gasteiger charge is -2.09. The lowest BCUT2D eigenvalue weighted by atomic mass is 10.1. The molecule has 0 aliphatic rings. The van der Waals surface area contributed by atoms with Crippen molar-refractivity contribution in [2.75, 3.05) is 12.8 Å². The number of thiazole rings is 1. The molecule has 3 N–H and O–H groups in total. The predicted octanol–water partition coefficient (Wildman–Crippen LogP) is 3.70. The van der Waals surface area contributed by atoms with Gasteiger partial charge in [-0.3, -0.25) is 4.79 Å². The largest absolute Gasteiger partial charge is 0.496 e. The van der Waals surface area contributed by atoms with Crippen LogP contribution in [0.1, 0.15) is 27.2 Å². The summed E-state index contributed by atoms with van der Waals surface area (Å²) in [7, 11) is 1.53. The highest BCUT2D eigenvalue weighted by atomic mass is 32.1. The topological polar surface area (TPSA) is 119 Å². The molecular formula is C23H20N6O2S. The maximum atomic E-state index is 12.5. The number of ether oxygens (including phenoxy) is 1. The minimum Gasteiger partial charge on any atom is -0.496 e. The quantitative estimate of drug-likeness (QED) is 0.468. The second kappa shape index (κ2) is 8.91. The van der Waals surface area contributed by atoms with Crippen LogP contribution in [0, 0.1) is 18.3 Å². The van der Waals surface area contributed by atoms with E-state index in [1.54, 1.807) is 18.2 Å². The summed E-state index contributed by atoms with van der Waals surface area (Å²) < 4.78 is 6.73. The number of nitrogens with two attached hydrogens (primary N) is 1. The monoisotopic (exact) mass is 444 g/mol. The van der Waals surface area contributed by atoms with Gasteiger partial charge in [0.25, 0.3) is 5.91 Å². The summed E-state index contributed by atoms with van der Waals surface area (Å²) in [5.41, 5.74) is 9.95. The van der Waals surface area contributed by atoms with Crippen LogP contribution in [0.15, 0.2) is 53.9 Å². The highest BCUT2D eigenvalue weighted by molar-refractivity contribution is 7.12. The molecule has 0 aliphatic heterocycles. The van der Waals surface area contributed by atoms with Crippen molar-refractivity contribution < 1.29 is 9.53 Å². The molecule has 9 heteroatoms. The van der Waals surface area contributed by atoms with E-state index < -0.39 is 0 Å². The summed E-state index contributed by atoms with van der Waals surface area (Å²) in [4.78, 5) is 16.9. The summed E-state index contributed by atoms with van der Waals surface area (Å²) in [5.74, 6) is 0.557. The van der Waals surface area contributed by atoms with Crippen molar-refractivity contribution in [2.45, 2.75) is 13.5 Å². The smallest absolute Gasteiger partial charge is 0.255 e. The fourth-order valence-electron chi connectivity index (χ4n) is 3.22. The van der Waals surface area contributed by atoms with E-state index in [4.69, 9.17) is 10.5 Å². The first-order valence-corrected chi connectivity index (χ1v) is 10.6. The summed E-state index contributed by atoms with van der Waals surface area (Å²) in [6.45, 7) is 2.23. The average molecular weight is 445 g/mol. The Morgan fingerprint density at radius 1 is 1.25 bits per heavy atom. The number of benzene rings is 2. The predicted molar refractivity (Wildman–Crippen MR) is 123 cm³/mol. The van der Waals surface area contributed by atoms with Crippen LogP contribution < -0.4 is 15.8 Å². The second-order valence-electron chi connectivity index (χ2n) is 6.98. The number of carbonyl (C=O) groups is 1. The fraction of sp³-hybridized carbons (Fsp3) is 0.130. The Morgan fingerprint density at radius 2 is 2.00 bits per heavy atom. The van der Waals surface area contributed by atoms with Gasteiger partial charge in [-0.2, -0.15) is 15.0 Å². The third-order valence-electron chi connectivity index (χ3n) is 4.85. The molecule has 0 saturated carbocycles. The molecule has 0 aliphatic carbocycles. The molecule has 0 unspecified atom stereocenters. The Kier molecular flexibility index (Phi) is 5.87. The van der Waals surface area contributed by atoms with Gasteiger partial charge in [-0.25, -0.2) is 4.98 Å².